The van der Waals surface area contributed by atoms with Crippen molar-refractivity contribution in [1.29, 1.82) is 0 Å². The number of rotatable bonds is 5. The minimum atomic E-state index is -0.509. The van der Waals surface area contributed by atoms with Crippen LogP contribution in [0, 0.1) is 0 Å². The Morgan fingerprint density at radius 3 is 2.64 bits per heavy atom. The molecule has 0 radical (unpaired) electrons. The number of methoxy groups -OCH3 is 2. The molecule has 7 nitrogen and oxygen atoms in total. The number of hydrogen-bond acceptors (Lipinski definition) is 5. The Balaban J connectivity index is 1.96. The lowest BCUT2D eigenvalue weighted by Crippen LogP contribution is -2.45. The Morgan fingerprint density at radius 1 is 1.18 bits per heavy atom. The van der Waals surface area contributed by atoms with E-state index in [2.05, 4.69) is 16.0 Å². The van der Waals surface area contributed by atoms with Gasteiger partial charge in [0.25, 0.3) is 5.91 Å². The maximum Gasteiger partial charge on any atom is 0.255 e. The van der Waals surface area contributed by atoms with Crippen LogP contribution >= 0.6 is 12.2 Å². The van der Waals surface area contributed by atoms with Gasteiger partial charge in [-0.1, -0.05) is 12.1 Å². The molecule has 28 heavy (non-hydrogen) atoms. The van der Waals surface area contributed by atoms with Crippen LogP contribution in [0.1, 0.15) is 18.5 Å². The van der Waals surface area contributed by atoms with Gasteiger partial charge in [-0.2, -0.15) is 0 Å². The third-order valence-electron chi connectivity index (χ3n) is 4.37. The highest BCUT2D eigenvalue weighted by Gasteiger charge is 2.30. The number of carbonyl (C=O) groups excluding carboxylic acids is 1. The van der Waals surface area contributed by atoms with Crippen molar-refractivity contribution < 1.29 is 19.4 Å². The number of allylic oxidation sites excluding steroid dienone is 1. The quantitative estimate of drug-likeness (QED) is 0.575. The Bertz CT molecular complexity index is 958. The maximum atomic E-state index is 13.1. The molecule has 1 aliphatic rings. The van der Waals surface area contributed by atoms with Gasteiger partial charge in [-0.15, -0.1) is 0 Å². The highest BCUT2D eigenvalue weighted by Crippen LogP contribution is 2.32. The smallest absolute Gasteiger partial charge is 0.255 e. The first kappa shape index (κ1) is 19.5. The average molecular weight is 399 g/mol. The second kappa shape index (κ2) is 8.18. The number of benzene rings is 2. The third kappa shape index (κ3) is 4.01. The van der Waals surface area contributed by atoms with E-state index in [0.717, 1.165) is 5.56 Å². The molecule has 0 saturated heterocycles. The molecule has 2 aromatic rings. The van der Waals surface area contributed by atoms with Crippen LogP contribution in [0.4, 0.5) is 5.69 Å². The SMILES string of the molecule is COc1ccc(NC(=O)C2=C(C)NC(=S)NC2c2cccc(O)c2)c(OC)c1. The number of carbonyl (C=O) groups is 1. The molecule has 3 rings (SSSR count). The zero-order chi connectivity index (χ0) is 20.3. The fourth-order valence-electron chi connectivity index (χ4n) is 3.04. The van der Waals surface area contributed by atoms with E-state index in [1.807, 2.05) is 6.07 Å². The normalized spacial score (nSPS) is 16.1. The molecular weight excluding hydrogens is 378 g/mol. The van der Waals surface area contributed by atoms with E-state index in [0.29, 0.717) is 33.6 Å². The molecule has 4 N–H and O–H groups in total. The highest BCUT2D eigenvalue weighted by molar-refractivity contribution is 7.80. The fraction of sp³-hybridized carbons (Fsp3) is 0.200. The number of phenols is 1. The molecule has 1 aliphatic heterocycles. The number of amides is 1. The molecular formula is C20H21N3O4S. The van der Waals surface area contributed by atoms with Crippen molar-refractivity contribution >= 4 is 28.9 Å². The Kier molecular flexibility index (Phi) is 5.70. The third-order valence-corrected chi connectivity index (χ3v) is 4.59. The maximum absolute atomic E-state index is 13.1. The number of anilines is 1. The molecule has 0 bridgehead atoms. The van der Waals surface area contributed by atoms with Gasteiger partial charge in [0.2, 0.25) is 0 Å². The highest BCUT2D eigenvalue weighted by atomic mass is 32.1. The summed E-state index contributed by atoms with van der Waals surface area (Å²) in [7, 11) is 3.08. The van der Waals surface area contributed by atoms with Crippen LogP contribution in [-0.2, 0) is 4.79 Å². The van der Waals surface area contributed by atoms with Crippen LogP contribution in [0.2, 0.25) is 0 Å². The first-order valence-corrected chi connectivity index (χ1v) is 8.94. The van der Waals surface area contributed by atoms with E-state index in [4.69, 9.17) is 21.7 Å². The molecule has 0 aliphatic carbocycles. The van der Waals surface area contributed by atoms with Gasteiger partial charge < -0.3 is 30.5 Å². The number of ether oxygens (including phenoxy) is 2. The predicted molar refractivity (Wildman–Crippen MR) is 111 cm³/mol. The van der Waals surface area contributed by atoms with E-state index in [9.17, 15) is 9.90 Å². The summed E-state index contributed by atoms with van der Waals surface area (Å²) < 4.78 is 10.5. The molecule has 2 aromatic carbocycles. The lowest BCUT2D eigenvalue weighted by molar-refractivity contribution is -0.113. The Morgan fingerprint density at radius 2 is 1.96 bits per heavy atom. The van der Waals surface area contributed by atoms with Gasteiger partial charge in [0.15, 0.2) is 5.11 Å². The van der Waals surface area contributed by atoms with E-state index < -0.39 is 6.04 Å². The van der Waals surface area contributed by atoms with Crippen LogP contribution in [-0.4, -0.2) is 30.3 Å². The molecule has 8 heteroatoms. The minimum Gasteiger partial charge on any atom is -0.508 e. The van der Waals surface area contributed by atoms with Gasteiger partial charge in [-0.05, 0) is 49.0 Å². The van der Waals surface area contributed by atoms with Crippen molar-refractivity contribution in [1.82, 2.24) is 10.6 Å². The van der Waals surface area contributed by atoms with Gasteiger partial charge in [0, 0.05) is 11.8 Å². The molecule has 1 unspecified atom stereocenters. The standard InChI is InChI=1S/C20H21N3O4S/c1-11-17(18(23-20(28)21-11)12-5-4-6-13(24)9-12)19(25)22-15-8-7-14(26-2)10-16(15)27-3/h4-10,18,24H,1-3H3,(H,22,25)(H2,21,23,28). The number of hydrogen-bond donors (Lipinski definition) is 4. The van der Waals surface area contributed by atoms with E-state index in [1.54, 1.807) is 50.4 Å². The molecule has 0 spiro atoms. The number of nitrogens with one attached hydrogen (secondary N) is 3. The number of thiocarbonyl (C=S) groups is 1. The second-order valence-electron chi connectivity index (χ2n) is 6.19. The van der Waals surface area contributed by atoms with Gasteiger partial charge >= 0.3 is 0 Å². The van der Waals surface area contributed by atoms with Crippen LogP contribution < -0.4 is 25.4 Å². The molecule has 0 fully saturated rings. The van der Waals surface area contributed by atoms with Crippen molar-refractivity contribution in [2.75, 3.05) is 19.5 Å². The first-order valence-electron chi connectivity index (χ1n) is 8.53. The zero-order valence-electron chi connectivity index (χ0n) is 15.7. The summed E-state index contributed by atoms with van der Waals surface area (Å²) in [5.41, 5.74) is 2.31. The van der Waals surface area contributed by atoms with E-state index in [1.165, 1.54) is 7.11 Å². The molecule has 1 atom stereocenters. The second-order valence-corrected chi connectivity index (χ2v) is 6.59. The van der Waals surface area contributed by atoms with E-state index in [-0.39, 0.29) is 11.7 Å². The predicted octanol–water partition coefficient (Wildman–Crippen LogP) is 2.84. The Hall–Kier alpha value is -3.26. The molecule has 0 saturated carbocycles. The summed E-state index contributed by atoms with van der Waals surface area (Å²) in [5.74, 6) is 0.885. The topological polar surface area (TPSA) is 91.9 Å². The molecule has 146 valence electrons. The van der Waals surface area contributed by atoms with Crippen molar-refractivity contribution in [3.8, 4) is 17.2 Å². The molecule has 1 amide bonds. The van der Waals surface area contributed by atoms with Gasteiger partial charge in [-0.25, -0.2) is 0 Å². The fourth-order valence-corrected chi connectivity index (χ4v) is 3.31. The lowest BCUT2D eigenvalue weighted by Gasteiger charge is -2.30. The van der Waals surface area contributed by atoms with Crippen LogP contribution in [0.3, 0.4) is 0 Å². The van der Waals surface area contributed by atoms with Gasteiger partial charge in [0.1, 0.15) is 17.2 Å². The first-order chi connectivity index (χ1) is 13.4. The zero-order valence-corrected chi connectivity index (χ0v) is 16.5. The summed E-state index contributed by atoms with van der Waals surface area (Å²) in [4.78, 5) is 13.1. The van der Waals surface area contributed by atoms with Crippen molar-refractivity contribution in [2.24, 2.45) is 0 Å². The van der Waals surface area contributed by atoms with Crippen molar-refractivity contribution in [2.45, 2.75) is 13.0 Å². The molecule has 1 heterocycles. The monoisotopic (exact) mass is 399 g/mol. The summed E-state index contributed by atoms with van der Waals surface area (Å²) in [6.45, 7) is 1.78. The molecule has 0 aromatic heterocycles. The van der Waals surface area contributed by atoms with Gasteiger partial charge in [0.05, 0.1) is 31.5 Å². The lowest BCUT2D eigenvalue weighted by atomic mass is 9.94. The largest absolute Gasteiger partial charge is 0.508 e. The van der Waals surface area contributed by atoms with Crippen molar-refractivity contribution in [3.05, 3.63) is 59.3 Å². The van der Waals surface area contributed by atoms with Crippen LogP contribution in [0.15, 0.2) is 53.7 Å². The van der Waals surface area contributed by atoms with Crippen LogP contribution in [0.25, 0.3) is 0 Å². The van der Waals surface area contributed by atoms with E-state index >= 15 is 0 Å². The van der Waals surface area contributed by atoms with Crippen LogP contribution in [0.5, 0.6) is 17.2 Å². The number of phenolic OH excluding ortho intramolecular Hbond substituents is 1. The average Bonchev–Trinajstić information content (AvgIpc) is 2.67. The summed E-state index contributed by atoms with van der Waals surface area (Å²) in [5, 5.41) is 19.2. The minimum absolute atomic E-state index is 0.109. The summed E-state index contributed by atoms with van der Waals surface area (Å²) in [6.07, 6.45) is 0. The Labute approximate surface area is 168 Å². The van der Waals surface area contributed by atoms with Gasteiger partial charge in [-0.3, -0.25) is 4.79 Å². The van der Waals surface area contributed by atoms with Crippen molar-refractivity contribution in [3.63, 3.8) is 0 Å². The summed E-state index contributed by atoms with van der Waals surface area (Å²) in [6, 6.07) is 11.3. The number of aromatic hydroxyl groups is 1. The summed E-state index contributed by atoms with van der Waals surface area (Å²) >= 11 is 5.24.